The van der Waals surface area contributed by atoms with E-state index in [4.69, 9.17) is 4.42 Å². The summed E-state index contributed by atoms with van der Waals surface area (Å²) in [6.07, 6.45) is 0. The number of carbonyl (C=O) groups is 1. The Hall–Kier alpha value is -3.91. The van der Waals surface area contributed by atoms with Gasteiger partial charge in [-0.25, -0.2) is 0 Å². The first-order chi connectivity index (χ1) is 14.5. The van der Waals surface area contributed by atoms with Crippen molar-refractivity contribution in [1.82, 2.24) is 4.83 Å². The average Bonchev–Trinajstić information content (AvgIpc) is 2.78. The van der Waals surface area contributed by atoms with Gasteiger partial charge < -0.3 is 9.73 Å². The topological polar surface area (TPSA) is 101 Å². The van der Waals surface area contributed by atoms with Crippen molar-refractivity contribution in [3.05, 3.63) is 102 Å². The van der Waals surface area contributed by atoms with Crippen LogP contribution in [0.1, 0.15) is 10.4 Å². The van der Waals surface area contributed by atoms with Crippen LogP contribution in [0.4, 0.5) is 5.69 Å². The van der Waals surface area contributed by atoms with Crippen LogP contribution in [0.3, 0.4) is 0 Å². The van der Waals surface area contributed by atoms with Gasteiger partial charge in [-0.2, -0.15) is 13.2 Å². The van der Waals surface area contributed by atoms with Gasteiger partial charge in [-0.15, -0.1) is 5.10 Å². The minimum Gasteiger partial charge on any atom is -0.436 e. The van der Waals surface area contributed by atoms with E-state index in [1.54, 1.807) is 66.7 Å². The first-order valence-electron chi connectivity index (χ1n) is 9.03. The summed E-state index contributed by atoms with van der Waals surface area (Å²) in [7, 11) is -3.92. The molecule has 150 valence electrons. The molecule has 30 heavy (non-hydrogen) atoms. The van der Waals surface area contributed by atoms with Gasteiger partial charge in [0.05, 0.1) is 4.90 Å². The van der Waals surface area contributed by atoms with Crippen molar-refractivity contribution in [3.63, 3.8) is 0 Å². The molecule has 0 aliphatic carbocycles. The normalized spacial score (nSPS) is 11.9. The molecule has 0 saturated heterocycles. The summed E-state index contributed by atoms with van der Waals surface area (Å²) in [5, 5.41) is 7.34. The average molecular weight is 419 g/mol. The molecule has 0 spiro atoms. The van der Waals surface area contributed by atoms with Gasteiger partial charge in [0.25, 0.3) is 15.9 Å². The van der Waals surface area contributed by atoms with E-state index in [0.29, 0.717) is 16.7 Å². The van der Waals surface area contributed by atoms with Crippen molar-refractivity contribution in [2.24, 2.45) is 5.10 Å². The summed E-state index contributed by atoms with van der Waals surface area (Å²) >= 11 is 0. The van der Waals surface area contributed by atoms with Gasteiger partial charge in [0.15, 0.2) is 0 Å². The number of rotatable bonds is 5. The second-order valence-corrected chi connectivity index (χ2v) is 8.00. The van der Waals surface area contributed by atoms with Crippen molar-refractivity contribution in [3.8, 4) is 0 Å². The second-order valence-electron chi connectivity index (χ2n) is 6.34. The quantitative estimate of drug-likeness (QED) is 0.484. The molecular weight excluding hydrogens is 402 g/mol. The van der Waals surface area contributed by atoms with Crippen LogP contribution < -0.4 is 15.7 Å². The highest BCUT2D eigenvalue weighted by atomic mass is 32.2. The maximum atomic E-state index is 12.9. The molecule has 0 aliphatic heterocycles. The number of carbonyl (C=O) groups excluding carboxylic acids is 1. The van der Waals surface area contributed by atoms with Gasteiger partial charge in [0.2, 0.25) is 5.55 Å². The van der Waals surface area contributed by atoms with E-state index in [9.17, 15) is 13.2 Å². The van der Waals surface area contributed by atoms with Crippen LogP contribution in [-0.2, 0) is 10.0 Å². The standard InChI is InChI=1S/C22H17N3O4S/c26-21(23-17-10-3-1-4-11-17)19-15-16-9-7-8-14-20(16)29-22(19)24-25-30(27,28)18-12-5-2-6-13-18/h1-15,25H,(H,23,26)/b24-22-. The van der Waals surface area contributed by atoms with Crippen LogP contribution in [-0.4, -0.2) is 14.3 Å². The molecule has 0 radical (unpaired) electrons. The highest BCUT2D eigenvalue weighted by Crippen LogP contribution is 2.14. The Morgan fingerprint density at radius 2 is 1.47 bits per heavy atom. The molecule has 0 unspecified atom stereocenters. The van der Waals surface area contributed by atoms with Crippen molar-refractivity contribution in [1.29, 1.82) is 0 Å². The zero-order chi connectivity index (χ0) is 21.0. The lowest BCUT2D eigenvalue weighted by Crippen LogP contribution is -2.27. The third-order valence-electron chi connectivity index (χ3n) is 4.25. The number of anilines is 1. The SMILES string of the molecule is O=C(Nc1ccccc1)c1cc2ccccc2o/c1=N\NS(=O)(=O)c1ccccc1. The van der Waals surface area contributed by atoms with E-state index >= 15 is 0 Å². The summed E-state index contributed by atoms with van der Waals surface area (Å²) in [4.78, 5) is 15.0. The first kappa shape index (κ1) is 19.4. The molecular formula is C22H17N3O4S. The lowest BCUT2D eigenvalue weighted by atomic mass is 10.1. The zero-order valence-electron chi connectivity index (χ0n) is 15.6. The second kappa shape index (κ2) is 8.22. The van der Waals surface area contributed by atoms with E-state index in [0.717, 1.165) is 0 Å². The number of amides is 1. The predicted octanol–water partition coefficient (Wildman–Crippen LogP) is 3.48. The van der Waals surface area contributed by atoms with E-state index in [2.05, 4.69) is 15.2 Å². The van der Waals surface area contributed by atoms with Crippen molar-refractivity contribution in [2.75, 3.05) is 5.32 Å². The predicted molar refractivity (Wildman–Crippen MR) is 113 cm³/mol. The van der Waals surface area contributed by atoms with E-state index in [-0.39, 0.29) is 16.0 Å². The van der Waals surface area contributed by atoms with Gasteiger partial charge in [-0.3, -0.25) is 4.79 Å². The lowest BCUT2D eigenvalue weighted by molar-refractivity contribution is 0.102. The molecule has 1 aromatic heterocycles. The van der Waals surface area contributed by atoms with Crippen LogP contribution in [0.25, 0.3) is 11.0 Å². The molecule has 1 heterocycles. The van der Waals surface area contributed by atoms with Gasteiger partial charge >= 0.3 is 0 Å². The number of benzene rings is 3. The number of fused-ring (bicyclic) bond motifs is 1. The largest absolute Gasteiger partial charge is 0.436 e. The molecule has 3 aromatic carbocycles. The van der Waals surface area contributed by atoms with Crippen molar-refractivity contribution < 1.29 is 17.6 Å². The minimum absolute atomic E-state index is 0.0461. The van der Waals surface area contributed by atoms with Gasteiger partial charge in [-0.1, -0.05) is 54.6 Å². The number of hydrogen-bond donors (Lipinski definition) is 2. The molecule has 0 saturated carbocycles. The van der Waals surface area contributed by atoms with Gasteiger partial charge in [-0.05, 0) is 36.4 Å². The maximum absolute atomic E-state index is 12.9. The summed E-state index contributed by atoms with van der Waals surface area (Å²) in [6.45, 7) is 0. The minimum atomic E-state index is -3.92. The molecule has 7 nitrogen and oxygen atoms in total. The van der Waals surface area contributed by atoms with Crippen LogP contribution >= 0.6 is 0 Å². The van der Waals surface area contributed by atoms with Crippen molar-refractivity contribution >= 4 is 32.6 Å². The molecule has 4 aromatic rings. The van der Waals surface area contributed by atoms with Crippen LogP contribution in [0.5, 0.6) is 0 Å². The Morgan fingerprint density at radius 3 is 2.20 bits per heavy atom. The number of nitrogens with one attached hydrogen (secondary N) is 2. The van der Waals surface area contributed by atoms with Gasteiger partial charge in [0, 0.05) is 11.1 Å². The third-order valence-corrected chi connectivity index (χ3v) is 5.48. The summed E-state index contributed by atoms with van der Waals surface area (Å²) in [6, 6.07) is 25.4. The molecule has 2 N–H and O–H groups in total. The number of hydrogen-bond acceptors (Lipinski definition) is 5. The Morgan fingerprint density at radius 1 is 0.833 bits per heavy atom. The fourth-order valence-corrected chi connectivity index (χ4v) is 3.61. The van der Waals surface area contributed by atoms with Gasteiger partial charge in [0.1, 0.15) is 11.1 Å². The van der Waals surface area contributed by atoms with E-state index < -0.39 is 15.9 Å². The Balaban J connectivity index is 1.76. The fourth-order valence-electron chi connectivity index (χ4n) is 2.79. The maximum Gasteiger partial charge on any atom is 0.276 e. The summed E-state index contributed by atoms with van der Waals surface area (Å²) in [5.41, 5.74) is 0.993. The molecule has 8 heteroatoms. The third kappa shape index (κ3) is 4.23. The monoisotopic (exact) mass is 419 g/mol. The Bertz CT molecular complexity index is 1370. The molecule has 0 fully saturated rings. The molecule has 0 aliphatic rings. The van der Waals surface area contributed by atoms with Crippen molar-refractivity contribution in [2.45, 2.75) is 4.90 Å². The summed E-state index contributed by atoms with van der Waals surface area (Å²) < 4.78 is 30.7. The zero-order valence-corrected chi connectivity index (χ0v) is 16.5. The Labute approximate surface area is 172 Å². The molecule has 1 amide bonds. The summed E-state index contributed by atoms with van der Waals surface area (Å²) in [5.74, 6) is -0.478. The van der Waals surface area contributed by atoms with Crippen LogP contribution in [0, 0.1) is 0 Å². The van der Waals surface area contributed by atoms with Crippen LogP contribution in [0.2, 0.25) is 0 Å². The molecule has 0 atom stereocenters. The lowest BCUT2D eigenvalue weighted by Gasteiger charge is -2.07. The van der Waals surface area contributed by atoms with E-state index in [1.165, 1.54) is 12.1 Å². The van der Waals surface area contributed by atoms with E-state index in [1.807, 2.05) is 12.1 Å². The fraction of sp³-hybridized carbons (Fsp3) is 0. The molecule has 4 rings (SSSR count). The highest BCUT2D eigenvalue weighted by Gasteiger charge is 2.16. The number of para-hydroxylation sites is 2. The Kier molecular flexibility index (Phi) is 5.32. The number of sulfonamides is 1. The smallest absolute Gasteiger partial charge is 0.276 e. The number of nitrogens with zero attached hydrogens (tertiary/aromatic N) is 1. The molecule has 0 bridgehead atoms. The van der Waals surface area contributed by atoms with Crippen LogP contribution in [0.15, 0.2) is 105 Å². The first-order valence-corrected chi connectivity index (χ1v) is 10.5. The highest BCUT2D eigenvalue weighted by molar-refractivity contribution is 7.89.